The highest BCUT2D eigenvalue weighted by atomic mass is 16.5. The first-order valence-corrected chi connectivity index (χ1v) is 8.16. The molecule has 0 aromatic heterocycles. The van der Waals surface area contributed by atoms with E-state index in [4.69, 9.17) is 4.74 Å². The van der Waals surface area contributed by atoms with E-state index in [9.17, 15) is 0 Å². The Balaban J connectivity index is 2.21. The minimum atomic E-state index is 0.626. The first-order valence-electron chi connectivity index (χ1n) is 8.16. The van der Waals surface area contributed by atoms with E-state index in [1.54, 1.807) is 0 Å². The molecule has 0 fully saturated rings. The molecule has 21 heavy (non-hydrogen) atoms. The Morgan fingerprint density at radius 1 is 1.05 bits per heavy atom. The van der Waals surface area contributed by atoms with Crippen LogP contribution < -0.4 is 4.74 Å². The third-order valence-corrected chi connectivity index (χ3v) is 3.78. The molecule has 0 aliphatic carbocycles. The van der Waals surface area contributed by atoms with Gasteiger partial charge in [0.25, 0.3) is 0 Å². The smallest absolute Gasteiger partial charge is 0.126 e. The molecule has 1 rings (SSSR count). The third-order valence-electron chi connectivity index (χ3n) is 3.78. The molecule has 2 nitrogen and oxygen atoms in total. The van der Waals surface area contributed by atoms with Gasteiger partial charge in [0.2, 0.25) is 0 Å². The van der Waals surface area contributed by atoms with Gasteiger partial charge in [-0.25, -0.2) is 0 Å². The molecule has 0 unspecified atom stereocenters. The molecule has 0 atom stereocenters. The third kappa shape index (κ3) is 6.34. The van der Waals surface area contributed by atoms with Crippen molar-refractivity contribution in [3.8, 4) is 5.75 Å². The minimum Gasteiger partial charge on any atom is -0.493 e. The normalized spacial score (nSPS) is 11.4. The molecule has 118 valence electrons. The Morgan fingerprint density at radius 2 is 1.71 bits per heavy atom. The van der Waals surface area contributed by atoms with Crippen molar-refractivity contribution in [1.82, 2.24) is 4.90 Å². The van der Waals surface area contributed by atoms with Crippen molar-refractivity contribution in [3.05, 3.63) is 36.4 Å². The summed E-state index contributed by atoms with van der Waals surface area (Å²) in [6.07, 6.45) is 5.41. The standard InChI is InChI=1S/C19H31NO/c1-6-18-12-8-9-13-19(18)21-15-11-7-10-14-20(16(2)3)17(4)5/h6,8-9,12-13,16-17H,1,7,10-11,14-15H2,2-5H3. The summed E-state index contributed by atoms with van der Waals surface area (Å²) in [7, 11) is 0. The number of unbranched alkanes of at least 4 members (excludes halogenated alkanes) is 2. The fourth-order valence-corrected chi connectivity index (χ4v) is 2.65. The molecule has 1 aromatic rings. The number of nitrogens with zero attached hydrogens (tertiary/aromatic N) is 1. The maximum atomic E-state index is 5.85. The van der Waals surface area contributed by atoms with Crippen molar-refractivity contribution >= 4 is 6.08 Å². The number of rotatable bonds is 10. The van der Waals surface area contributed by atoms with E-state index in [-0.39, 0.29) is 0 Å². The molecule has 0 amide bonds. The molecule has 0 bridgehead atoms. The van der Waals surface area contributed by atoms with E-state index in [1.165, 1.54) is 19.4 Å². The second-order valence-corrected chi connectivity index (χ2v) is 6.08. The molecule has 1 aromatic carbocycles. The van der Waals surface area contributed by atoms with E-state index in [0.29, 0.717) is 12.1 Å². The van der Waals surface area contributed by atoms with Crippen LogP contribution in [0.4, 0.5) is 0 Å². The lowest BCUT2D eigenvalue weighted by Gasteiger charge is -2.30. The lowest BCUT2D eigenvalue weighted by molar-refractivity contribution is 0.170. The Bertz CT molecular complexity index is 404. The summed E-state index contributed by atoms with van der Waals surface area (Å²) in [6, 6.07) is 9.31. The fourth-order valence-electron chi connectivity index (χ4n) is 2.65. The molecule has 0 saturated heterocycles. The summed E-state index contributed by atoms with van der Waals surface area (Å²) in [6.45, 7) is 14.9. The summed E-state index contributed by atoms with van der Waals surface area (Å²) < 4.78 is 5.85. The lowest BCUT2D eigenvalue weighted by atomic mass is 10.1. The summed E-state index contributed by atoms with van der Waals surface area (Å²) in [5, 5.41) is 0. The zero-order valence-electron chi connectivity index (χ0n) is 14.1. The maximum absolute atomic E-state index is 5.85. The Hall–Kier alpha value is -1.28. The van der Waals surface area contributed by atoms with Gasteiger partial charge in [-0.05, 0) is 59.6 Å². The molecular formula is C19H31NO. The lowest BCUT2D eigenvalue weighted by Crippen LogP contribution is -2.37. The average Bonchev–Trinajstić information content (AvgIpc) is 2.45. The maximum Gasteiger partial charge on any atom is 0.126 e. The van der Waals surface area contributed by atoms with Gasteiger partial charge >= 0.3 is 0 Å². The topological polar surface area (TPSA) is 12.5 Å². The highest BCUT2D eigenvalue weighted by Gasteiger charge is 2.12. The fraction of sp³-hybridized carbons (Fsp3) is 0.579. The van der Waals surface area contributed by atoms with Gasteiger partial charge in [0, 0.05) is 17.6 Å². The highest BCUT2D eigenvalue weighted by molar-refractivity contribution is 5.55. The van der Waals surface area contributed by atoms with Crippen LogP contribution in [0.3, 0.4) is 0 Å². The van der Waals surface area contributed by atoms with Gasteiger partial charge in [-0.3, -0.25) is 4.90 Å². The Kier molecular flexibility index (Phi) is 8.14. The number of benzene rings is 1. The summed E-state index contributed by atoms with van der Waals surface area (Å²) in [5.74, 6) is 0.943. The quantitative estimate of drug-likeness (QED) is 0.562. The Morgan fingerprint density at radius 3 is 2.33 bits per heavy atom. The van der Waals surface area contributed by atoms with E-state index in [1.807, 2.05) is 30.3 Å². The van der Waals surface area contributed by atoms with Crippen molar-refractivity contribution in [2.75, 3.05) is 13.2 Å². The molecule has 0 N–H and O–H groups in total. The molecule has 0 radical (unpaired) electrons. The largest absolute Gasteiger partial charge is 0.493 e. The van der Waals surface area contributed by atoms with E-state index in [0.717, 1.165) is 24.3 Å². The monoisotopic (exact) mass is 289 g/mol. The molecule has 2 heteroatoms. The van der Waals surface area contributed by atoms with Gasteiger partial charge in [-0.2, -0.15) is 0 Å². The van der Waals surface area contributed by atoms with Crippen molar-refractivity contribution in [1.29, 1.82) is 0 Å². The predicted molar refractivity (Wildman–Crippen MR) is 92.9 cm³/mol. The molecule has 0 spiro atoms. The van der Waals surface area contributed by atoms with Crippen LogP contribution in [0.5, 0.6) is 5.75 Å². The number of ether oxygens (including phenoxy) is 1. The average molecular weight is 289 g/mol. The van der Waals surface area contributed by atoms with Gasteiger partial charge in [0.15, 0.2) is 0 Å². The predicted octanol–water partition coefficient (Wildman–Crippen LogP) is 5.00. The zero-order chi connectivity index (χ0) is 15.7. The van der Waals surface area contributed by atoms with Crippen molar-refractivity contribution in [2.24, 2.45) is 0 Å². The SMILES string of the molecule is C=Cc1ccccc1OCCCCCN(C(C)C)C(C)C. The van der Waals surface area contributed by atoms with Crippen molar-refractivity contribution in [2.45, 2.75) is 59.0 Å². The molecule has 0 aliphatic heterocycles. The van der Waals surface area contributed by atoms with Crippen LogP contribution in [0.1, 0.15) is 52.5 Å². The Labute approximate surface area is 130 Å². The van der Waals surface area contributed by atoms with Crippen LogP contribution >= 0.6 is 0 Å². The highest BCUT2D eigenvalue weighted by Crippen LogP contribution is 2.19. The molecule has 0 heterocycles. The van der Waals surface area contributed by atoms with Gasteiger partial charge in [0.1, 0.15) is 5.75 Å². The van der Waals surface area contributed by atoms with Gasteiger partial charge in [-0.15, -0.1) is 0 Å². The second-order valence-electron chi connectivity index (χ2n) is 6.08. The van der Waals surface area contributed by atoms with Crippen LogP contribution in [0.2, 0.25) is 0 Å². The first-order chi connectivity index (χ1) is 10.1. The van der Waals surface area contributed by atoms with Gasteiger partial charge in [0.05, 0.1) is 6.61 Å². The summed E-state index contributed by atoms with van der Waals surface area (Å²) >= 11 is 0. The number of para-hydroxylation sites is 1. The van der Waals surface area contributed by atoms with E-state index in [2.05, 4.69) is 39.2 Å². The van der Waals surface area contributed by atoms with Crippen LogP contribution in [0.15, 0.2) is 30.8 Å². The second kappa shape index (κ2) is 9.62. The first kappa shape index (κ1) is 17.8. The van der Waals surface area contributed by atoms with Crippen LogP contribution in [-0.2, 0) is 0 Å². The van der Waals surface area contributed by atoms with Gasteiger partial charge in [-0.1, -0.05) is 30.9 Å². The number of hydrogen-bond donors (Lipinski definition) is 0. The summed E-state index contributed by atoms with van der Waals surface area (Å²) in [4.78, 5) is 2.55. The molecule has 0 saturated carbocycles. The van der Waals surface area contributed by atoms with E-state index < -0.39 is 0 Å². The van der Waals surface area contributed by atoms with Crippen LogP contribution in [0.25, 0.3) is 6.08 Å². The molecule has 0 aliphatic rings. The minimum absolute atomic E-state index is 0.626. The van der Waals surface area contributed by atoms with E-state index >= 15 is 0 Å². The zero-order valence-corrected chi connectivity index (χ0v) is 14.1. The van der Waals surface area contributed by atoms with Crippen molar-refractivity contribution in [3.63, 3.8) is 0 Å². The number of hydrogen-bond acceptors (Lipinski definition) is 2. The summed E-state index contributed by atoms with van der Waals surface area (Å²) in [5.41, 5.74) is 1.07. The van der Waals surface area contributed by atoms with Crippen LogP contribution in [0, 0.1) is 0 Å². The van der Waals surface area contributed by atoms with Gasteiger partial charge < -0.3 is 4.74 Å². The molecular weight excluding hydrogens is 258 g/mol. The van der Waals surface area contributed by atoms with Crippen molar-refractivity contribution < 1.29 is 4.74 Å². The van der Waals surface area contributed by atoms with Crippen LogP contribution in [-0.4, -0.2) is 30.1 Å².